The third kappa shape index (κ3) is 28.4. The maximum atomic E-state index is 10.8. The van der Waals surface area contributed by atoms with E-state index in [1.54, 1.807) is 0 Å². The first-order valence-corrected chi connectivity index (χ1v) is 13.1. The molecule has 164 valence electrons. The summed E-state index contributed by atoms with van der Waals surface area (Å²) in [5.74, 6) is -1.47. The van der Waals surface area contributed by atoms with Gasteiger partial charge in [-0.3, -0.25) is 4.57 Å². The van der Waals surface area contributed by atoms with Crippen LogP contribution in [0.4, 0.5) is 0 Å². The second kappa shape index (κ2) is 20.9. The summed E-state index contributed by atoms with van der Waals surface area (Å²) in [4.78, 5) is 31.8. The minimum absolute atomic E-state index is 0.211. The predicted octanol–water partition coefficient (Wildman–Crippen LogP) is 5.37. The van der Waals surface area contributed by atoms with Crippen LogP contribution in [0.5, 0.6) is 0 Å². The standard InChI is InChI=1S/C18H39O4P.HO3P/c1-2-3-4-5-6-7-8-9-10-11-12-13-14-15-16-17-18(19)23(20,21)22;1-4(2)3/h18-19H,2-17H2,1H3,(H2,20,21,22);(H-,1,2,3)/p+1. The number of rotatable bonds is 17. The molecule has 5 N–H and O–H groups in total. The van der Waals surface area contributed by atoms with E-state index in [1.807, 2.05) is 0 Å². The van der Waals surface area contributed by atoms with Crippen molar-refractivity contribution >= 4 is 15.9 Å². The lowest BCUT2D eigenvalue weighted by molar-refractivity contribution is 0.190. The summed E-state index contributed by atoms with van der Waals surface area (Å²) < 4.78 is 19.5. The van der Waals surface area contributed by atoms with E-state index in [2.05, 4.69) is 6.92 Å². The van der Waals surface area contributed by atoms with Crippen molar-refractivity contribution in [2.75, 3.05) is 0 Å². The Hall–Kier alpha value is 0.130. The highest BCUT2D eigenvalue weighted by atomic mass is 31.2. The van der Waals surface area contributed by atoms with Gasteiger partial charge in [0, 0.05) is 4.57 Å². The van der Waals surface area contributed by atoms with Gasteiger partial charge in [0.25, 0.3) is 0 Å². The maximum Gasteiger partial charge on any atom is 0.692 e. The van der Waals surface area contributed by atoms with Crippen molar-refractivity contribution in [3.63, 3.8) is 0 Å². The first-order chi connectivity index (χ1) is 12.7. The molecular weight excluding hydrogens is 390 g/mol. The number of hydrogen-bond donors (Lipinski definition) is 5. The molecule has 27 heavy (non-hydrogen) atoms. The van der Waals surface area contributed by atoms with Gasteiger partial charge < -0.3 is 14.9 Å². The van der Waals surface area contributed by atoms with Gasteiger partial charge in [-0.1, -0.05) is 103 Å². The van der Waals surface area contributed by atoms with Crippen molar-refractivity contribution < 1.29 is 33.8 Å². The Bertz CT molecular complexity index is 371. The van der Waals surface area contributed by atoms with E-state index in [9.17, 15) is 9.67 Å². The maximum absolute atomic E-state index is 10.8. The van der Waals surface area contributed by atoms with Gasteiger partial charge >= 0.3 is 15.9 Å². The largest absolute Gasteiger partial charge is 0.692 e. The molecule has 0 amide bonds. The molecule has 0 aromatic rings. The molecule has 0 fully saturated rings. The van der Waals surface area contributed by atoms with E-state index < -0.39 is 21.7 Å². The highest BCUT2D eigenvalue weighted by Crippen LogP contribution is 2.41. The highest BCUT2D eigenvalue weighted by Gasteiger charge is 2.24. The molecule has 0 aromatic heterocycles. The summed E-state index contributed by atoms with van der Waals surface area (Å²) in [6.07, 6.45) is 19.1. The third-order valence-corrected chi connectivity index (χ3v) is 5.49. The second-order valence-corrected chi connectivity index (χ2v) is 9.34. The molecule has 1 unspecified atom stereocenters. The summed E-state index contributed by atoms with van der Waals surface area (Å²) in [6.45, 7) is 2.26. The van der Waals surface area contributed by atoms with Crippen LogP contribution in [0.15, 0.2) is 0 Å². The Morgan fingerprint density at radius 2 is 0.963 bits per heavy atom. The second-order valence-electron chi connectivity index (χ2n) is 7.06. The van der Waals surface area contributed by atoms with Gasteiger partial charge in [-0.25, -0.2) is 0 Å². The Morgan fingerprint density at radius 3 is 1.22 bits per heavy atom. The zero-order valence-electron chi connectivity index (χ0n) is 16.8. The zero-order valence-corrected chi connectivity index (χ0v) is 18.6. The van der Waals surface area contributed by atoms with Crippen LogP contribution in [0.25, 0.3) is 0 Å². The predicted molar refractivity (Wildman–Crippen MR) is 110 cm³/mol. The van der Waals surface area contributed by atoms with Crippen LogP contribution in [0, 0.1) is 0 Å². The van der Waals surface area contributed by atoms with E-state index in [1.165, 1.54) is 77.0 Å². The van der Waals surface area contributed by atoms with Crippen molar-refractivity contribution in [3.05, 3.63) is 0 Å². The van der Waals surface area contributed by atoms with Crippen molar-refractivity contribution in [1.29, 1.82) is 0 Å². The number of unbranched alkanes of at least 4 members (excludes halogenated alkanes) is 14. The Balaban J connectivity index is 0. The van der Waals surface area contributed by atoms with E-state index in [4.69, 9.17) is 24.1 Å². The topological polar surface area (TPSA) is 135 Å². The van der Waals surface area contributed by atoms with Crippen LogP contribution in [0.2, 0.25) is 0 Å². The average Bonchev–Trinajstić information content (AvgIpc) is 2.56. The van der Waals surface area contributed by atoms with Crippen molar-refractivity contribution in [2.24, 2.45) is 0 Å². The van der Waals surface area contributed by atoms with Gasteiger partial charge in [-0.05, 0) is 6.42 Å². The van der Waals surface area contributed by atoms with Crippen LogP contribution in [-0.4, -0.2) is 30.5 Å². The van der Waals surface area contributed by atoms with Gasteiger partial charge in [-0.15, -0.1) is 9.79 Å². The van der Waals surface area contributed by atoms with Crippen LogP contribution in [-0.2, 0) is 9.13 Å². The highest BCUT2D eigenvalue weighted by molar-refractivity contribution is 7.52. The van der Waals surface area contributed by atoms with Crippen LogP contribution < -0.4 is 0 Å². The molecule has 9 heteroatoms. The summed E-state index contributed by atoms with van der Waals surface area (Å²) in [6, 6.07) is 0. The molecule has 0 heterocycles. The molecule has 1 atom stereocenters. The normalized spacial score (nSPS) is 12.4. The first kappa shape index (κ1) is 29.3. The fourth-order valence-electron chi connectivity index (χ4n) is 2.87. The minimum atomic E-state index is -4.29. The Kier molecular flexibility index (Phi) is 22.7. The van der Waals surface area contributed by atoms with E-state index in [0.29, 0.717) is 6.42 Å². The van der Waals surface area contributed by atoms with Crippen molar-refractivity contribution in [3.8, 4) is 0 Å². The molecule has 0 aliphatic rings. The van der Waals surface area contributed by atoms with Crippen molar-refractivity contribution in [1.82, 2.24) is 0 Å². The van der Waals surface area contributed by atoms with Gasteiger partial charge in [-0.2, -0.15) is 0 Å². The number of aliphatic hydroxyl groups excluding tert-OH is 1. The monoisotopic (exact) mass is 431 g/mol. The Morgan fingerprint density at radius 1 is 0.704 bits per heavy atom. The smallest absolute Gasteiger partial charge is 0.380 e. The zero-order chi connectivity index (χ0) is 21.0. The summed E-state index contributed by atoms with van der Waals surface area (Å²) in [5.41, 5.74) is 0. The van der Waals surface area contributed by atoms with Crippen molar-refractivity contribution in [2.45, 2.75) is 116 Å². The lowest BCUT2D eigenvalue weighted by atomic mass is 10.0. The SMILES string of the molecule is CCCCCCCCCCCCCCCCCC(O)P(=O)(O)O.O=[P+](O)O. The molecule has 0 aromatic carbocycles. The van der Waals surface area contributed by atoms with Gasteiger partial charge in [0.2, 0.25) is 0 Å². The summed E-state index contributed by atoms with van der Waals surface area (Å²) in [5, 5.41) is 9.23. The fraction of sp³-hybridized carbons (Fsp3) is 1.00. The molecule has 0 radical (unpaired) electrons. The molecule has 0 bridgehead atoms. The van der Waals surface area contributed by atoms with E-state index in [0.717, 1.165) is 12.8 Å². The molecule has 7 nitrogen and oxygen atoms in total. The average molecular weight is 431 g/mol. The molecule has 0 aliphatic heterocycles. The molecule has 0 aliphatic carbocycles. The fourth-order valence-corrected chi connectivity index (χ4v) is 3.39. The quantitative estimate of drug-likeness (QED) is 0.154. The van der Waals surface area contributed by atoms with Crippen LogP contribution in [0.1, 0.15) is 110 Å². The van der Waals surface area contributed by atoms with E-state index in [-0.39, 0.29) is 6.42 Å². The van der Waals surface area contributed by atoms with Gasteiger partial charge in [0.1, 0.15) is 0 Å². The number of aliphatic hydroxyl groups is 1. The number of hydrogen-bond acceptors (Lipinski definition) is 3. The molecule has 0 saturated heterocycles. The first-order valence-electron chi connectivity index (χ1n) is 10.3. The molecule has 0 rings (SSSR count). The lowest BCUT2D eigenvalue weighted by Crippen LogP contribution is -2.06. The summed E-state index contributed by atoms with van der Waals surface area (Å²) >= 11 is 0. The van der Waals surface area contributed by atoms with Crippen LogP contribution >= 0.6 is 15.9 Å². The molecular formula is C18H41O7P2+. The molecule has 0 saturated carbocycles. The Labute approximate surface area is 165 Å². The molecule has 0 spiro atoms. The van der Waals surface area contributed by atoms with Crippen LogP contribution in [0.3, 0.4) is 0 Å². The lowest BCUT2D eigenvalue weighted by Gasteiger charge is -2.11. The summed E-state index contributed by atoms with van der Waals surface area (Å²) in [7, 11) is -7.16. The third-order valence-electron chi connectivity index (χ3n) is 4.45. The minimum Gasteiger partial charge on any atom is -0.380 e. The van der Waals surface area contributed by atoms with Gasteiger partial charge in [0.15, 0.2) is 5.85 Å². The van der Waals surface area contributed by atoms with Gasteiger partial charge in [0.05, 0.1) is 0 Å². The van der Waals surface area contributed by atoms with E-state index >= 15 is 0 Å².